The van der Waals surface area contributed by atoms with Gasteiger partial charge in [-0.25, -0.2) is 0 Å². The van der Waals surface area contributed by atoms with Crippen molar-refractivity contribution < 1.29 is 4.79 Å². The molecule has 0 aliphatic carbocycles. The molecule has 0 bridgehead atoms. The lowest BCUT2D eigenvalue weighted by Gasteiger charge is -2.21. The summed E-state index contributed by atoms with van der Waals surface area (Å²) in [7, 11) is 0. The number of anilines is 1. The van der Waals surface area contributed by atoms with E-state index in [0.29, 0.717) is 6.42 Å². The first-order valence-corrected chi connectivity index (χ1v) is 7.58. The highest BCUT2D eigenvalue weighted by Crippen LogP contribution is 2.23. The van der Waals surface area contributed by atoms with Gasteiger partial charge in [-0.2, -0.15) is 0 Å². The Morgan fingerprint density at radius 2 is 1.70 bits per heavy atom. The molecular formula is C17H21NOS. The van der Waals surface area contributed by atoms with Crippen LogP contribution in [0.5, 0.6) is 0 Å². The molecule has 0 aliphatic rings. The molecule has 2 aromatic rings. The number of nitrogens with zero attached hydrogens (tertiary/aromatic N) is 1. The zero-order valence-corrected chi connectivity index (χ0v) is 13.0. The molecule has 106 valence electrons. The van der Waals surface area contributed by atoms with Gasteiger partial charge in [-0.1, -0.05) is 24.3 Å². The molecule has 20 heavy (non-hydrogen) atoms. The Labute approximate surface area is 126 Å². The molecular weight excluding hydrogens is 266 g/mol. The smallest absolute Gasteiger partial charge is 0.186 e. The quantitative estimate of drug-likeness (QED) is 0.808. The second-order valence-electron chi connectivity index (χ2n) is 4.93. The normalized spacial score (nSPS) is 10.8. The van der Waals surface area contributed by atoms with Crippen LogP contribution in [0.3, 0.4) is 0 Å². The lowest BCUT2D eigenvalue weighted by molar-refractivity contribution is -0.110. The summed E-state index contributed by atoms with van der Waals surface area (Å²) in [6.45, 7) is 6.38. The number of hydrogen-bond acceptors (Lipinski definition) is 2. The van der Waals surface area contributed by atoms with Crippen LogP contribution in [0.2, 0.25) is 0 Å². The maximum absolute atomic E-state index is 10.9. The van der Waals surface area contributed by atoms with Crippen LogP contribution in [0.4, 0.5) is 5.69 Å². The number of benzene rings is 2. The topological polar surface area (TPSA) is 20.3 Å². The van der Waals surface area contributed by atoms with Gasteiger partial charge in [-0.3, -0.25) is 4.79 Å². The van der Waals surface area contributed by atoms with Gasteiger partial charge in [0.1, 0.15) is 0 Å². The summed E-state index contributed by atoms with van der Waals surface area (Å²) in [5, 5.41) is 2.42. The number of thiol groups is 1. The lowest BCUT2D eigenvalue weighted by atomic mass is 10.0. The molecule has 2 aromatic carbocycles. The highest BCUT2D eigenvalue weighted by Gasteiger charge is 2.04. The molecule has 0 N–H and O–H groups in total. The van der Waals surface area contributed by atoms with E-state index < -0.39 is 0 Å². The van der Waals surface area contributed by atoms with Crippen LogP contribution in [0.15, 0.2) is 36.4 Å². The fourth-order valence-electron chi connectivity index (χ4n) is 2.47. The maximum Gasteiger partial charge on any atom is 0.186 e. The monoisotopic (exact) mass is 287 g/mol. The summed E-state index contributed by atoms with van der Waals surface area (Å²) in [5.74, 6) is 0. The molecule has 3 heteroatoms. The average Bonchev–Trinajstić information content (AvgIpc) is 2.46. The standard InChI is InChI=1S/C17H21NOS/c1-3-18(4-2)16-9-8-14-11-13(6-10-17(19)20)5-7-15(14)12-16/h5,7-9,11-12H,3-4,6,10H2,1-2H3,(H,19,20). The SMILES string of the molecule is CCN(CC)c1ccc2cc(CCC(=O)S)ccc2c1. The molecule has 0 spiro atoms. The predicted octanol–water partition coefficient (Wildman–Crippen LogP) is 4.08. The third-order valence-electron chi connectivity index (χ3n) is 3.64. The first-order chi connectivity index (χ1) is 9.63. The fourth-order valence-corrected chi connectivity index (χ4v) is 2.59. The largest absolute Gasteiger partial charge is 0.372 e. The van der Waals surface area contributed by atoms with E-state index in [1.807, 2.05) is 0 Å². The number of fused-ring (bicyclic) bond motifs is 1. The van der Waals surface area contributed by atoms with Gasteiger partial charge in [-0.15, -0.1) is 12.6 Å². The first-order valence-electron chi connectivity index (χ1n) is 7.13. The minimum Gasteiger partial charge on any atom is -0.372 e. The van der Waals surface area contributed by atoms with Crippen LogP contribution in [0, 0.1) is 0 Å². The fraction of sp³-hybridized carbons (Fsp3) is 0.353. The van der Waals surface area contributed by atoms with Gasteiger partial charge < -0.3 is 4.90 Å². The third-order valence-corrected chi connectivity index (χ3v) is 3.87. The molecule has 0 radical (unpaired) electrons. The van der Waals surface area contributed by atoms with E-state index in [4.69, 9.17) is 0 Å². The van der Waals surface area contributed by atoms with Gasteiger partial charge in [0.2, 0.25) is 0 Å². The zero-order chi connectivity index (χ0) is 14.5. The Hall–Kier alpha value is -1.48. The van der Waals surface area contributed by atoms with Gasteiger partial charge in [0.15, 0.2) is 5.12 Å². The van der Waals surface area contributed by atoms with E-state index in [9.17, 15) is 4.79 Å². The Balaban J connectivity index is 2.27. The summed E-state index contributed by atoms with van der Waals surface area (Å²) >= 11 is 3.81. The van der Waals surface area contributed by atoms with Crippen molar-refractivity contribution in [2.24, 2.45) is 0 Å². The van der Waals surface area contributed by atoms with Gasteiger partial charge in [0.05, 0.1) is 0 Å². The van der Waals surface area contributed by atoms with Gasteiger partial charge in [-0.05, 0) is 48.7 Å². The van der Waals surface area contributed by atoms with E-state index in [-0.39, 0.29) is 5.12 Å². The molecule has 2 nitrogen and oxygen atoms in total. The van der Waals surface area contributed by atoms with E-state index >= 15 is 0 Å². The van der Waals surface area contributed by atoms with Crippen molar-refractivity contribution in [3.63, 3.8) is 0 Å². The van der Waals surface area contributed by atoms with E-state index in [0.717, 1.165) is 19.5 Å². The summed E-state index contributed by atoms with van der Waals surface area (Å²) in [4.78, 5) is 13.3. The van der Waals surface area contributed by atoms with Crippen molar-refractivity contribution in [1.29, 1.82) is 0 Å². The molecule has 0 heterocycles. The number of aryl methyl sites for hydroxylation is 1. The highest BCUT2D eigenvalue weighted by molar-refractivity contribution is 7.96. The molecule has 0 saturated heterocycles. The van der Waals surface area contributed by atoms with E-state index in [1.54, 1.807) is 0 Å². The van der Waals surface area contributed by atoms with Crippen LogP contribution in [0.25, 0.3) is 10.8 Å². The predicted molar refractivity (Wildman–Crippen MR) is 89.8 cm³/mol. The second kappa shape index (κ2) is 6.80. The summed E-state index contributed by atoms with van der Waals surface area (Å²) < 4.78 is 0. The Bertz CT molecular complexity index is 605. The molecule has 0 fully saturated rings. The first kappa shape index (κ1) is 14.9. The number of rotatable bonds is 6. The minimum absolute atomic E-state index is 0.0537. The van der Waals surface area contributed by atoms with Crippen LogP contribution < -0.4 is 4.90 Å². The number of hydrogen-bond donors (Lipinski definition) is 1. The molecule has 2 rings (SSSR count). The van der Waals surface area contributed by atoms with Gasteiger partial charge >= 0.3 is 0 Å². The number of carbonyl (C=O) groups excluding carboxylic acids is 1. The van der Waals surface area contributed by atoms with Gasteiger partial charge in [0.25, 0.3) is 0 Å². The maximum atomic E-state index is 10.9. The Kier molecular flexibility index (Phi) is 5.07. The molecule has 0 atom stereocenters. The summed E-state index contributed by atoms with van der Waals surface area (Å²) in [6, 6.07) is 13.0. The molecule has 0 unspecified atom stereocenters. The number of carbonyl (C=O) groups is 1. The second-order valence-corrected chi connectivity index (χ2v) is 5.43. The van der Waals surface area contributed by atoms with Gasteiger partial charge in [0, 0.05) is 25.2 Å². The zero-order valence-electron chi connectivity index (χ0n) is 12.1. The van der Waals surface area contributed by atoms with Crippen LogP contribution >= 0.6 is 12.6 Å². The third kappa shape index (κ3) is 3.54. The van der Waals surface area contributed by atoms with E-state index in [2.05, 4.69) is 67.8 Å². The Morgan fingerprint density at radius 1 is 1.05 bits per heavy atom. The lowest BCUT2D eigenvalue weighted by Crippen LogP contribution is -2.21. The molecule has 0 aliphatic heterocycles. The van der Waals surface area contributed by atoms with Crippen molar-refractivity contribution >= 4 is 34.2 Å². The van der Waals surface area contributed by atoms with Crippen molar-refractivity contribution in [1.82, 2.24) is 0 Å². The van der Waals surface area contributed by atoms with Crippen LogP contribution in [-0.4, -0.2) is 18.2 Å². The highest BCUT2D eigenvalue weighted by atomic mass is 32.1. The van der Waals surface area contributed by atoms with Crippen molar-refractivity contribution in [2.75, 3.05) is 18.0 Å². The van der Waals surface area contributed by atoms with E-state index in [1.165, 1.54) is 22.0 Å². The Morgan fingerprint density at radius 3 is 2.35 bits per heavy atom. The average molecular weight is 287 g/mol. The van der Waals surface area contributed by atoms with Crippen LogP contribution in [0.1, 0.15) is 25.8 Å². The molecule has 0 amide bonds. The minimum atomic E-state index is -0.0537. The molecule has 0 aromatic heterocycles. The summed E-state index contributed by atoms with van der Waals surface area (Å²) in [5.41, 5.74) is 2.45. The van der Waals surface area contributed by atoms with Crippen molar-refractivity contribution in [2.45, 2.75) is 26.7 Å². The van der Waals surface area contributed by atoms with Crippen molar-refractivity contribution in [3.8, 4) is 0 Å². The van der Waals surface area contributed by atoms with Crippen molar-refractivity contribution in [3.05, 3.63) is 42.0 Å². The molecule has 0 saturated carbocycles. The van der Waals surface area contributed by atoms with Crippen LogP contribution in [-0.2, 0) is 11.2 Å². The summed E-state index contributed by atoms with van der Waals surface area (Å²) in [6.07, 6.45) is 1.25.